The first-order valence-electron chi connectivity index (χ1n) is 2.94. The smallest absolute Gasteiger partial charge is 1.00 e. The van der Waals surface area contributed by atoms with Crippen molar-refractivity contribution in [2.75, 3.05) is 0 Å². The maximum atomic E-state index is 12.7. The fourth-order valence-corrected chi connectivity index (χ4v) is 1.19. The first-order valence-corrected chi connectivity index (χ1v) is 3.74. The van der Waals surface area contributed by atoms with E-state index in [0.29, 0.717) is 0 Å². The molecule has 13 heavy (non-hydrogen) atoms. The molecule has 6 heteroatoms. The monoisotopic (exact) mass is 268 g/mol. The molecule has 0 atom stereocenters. The van der Waals surface area contributed by atoms with Crippen molar-refractivity contribution in [3.8, 4) is 0 Å². The quantitative estimate of drug-likeness (QED) is 0.294. The van der Waals surface area contributed by atoms with Gasteiger partial charge in [-0.15, -0.1) is 0 Å². The second kappa shape index (κ2) is 4.61. The summed E-state index contributed by atoms with van der Waals surface area (Å²) in [4.78, 5) is 0. The molecule has 0 aliphatic rings. The first-order chi connectivity index (χ1) is 5.46. The molecule has 0 saturated carbocycles. The Hall–Kier alpha value is 0.186. The maximum absolute atomic E-state index is 12.7. The zero-order valence-corrected chi connectivity index (χ0v) is 9.60. The predicted molar refractivity (Wildman–Crippen MR) is 46.7 cm³/mol. The topological polar surface area (TPSA) is 0 Å². The van der Waals surface area contributed by atoms with E-state index in [9.17, 15) is 17.6 Å². The fraction of sp³-hybridized carbons (Fsp3) is 0.143. The van der Waals surface area contributed by atoms with E-state index in [1.165, 1.54) is 0 Å². The Balaban J connectivity index is -0.000000480. The molecule has 0 aliphatic carbocycles. The third-order valence-electron chi connectivity index (χ3n) is 1.43. The van der Waals surface area contributed by atoms with E-state index in [-0.39, 0.29) is 25.9 Å². The third kappa shape index (κ3) is 2.16. The van der Waals surface area contributed by atoms with Gasteiger partial charge in [0.2, 0.25) is 0 Å². The molecule has 0 saturated heterocycles. The van der Waals surface area contributed by atoms with Gasteiger partial charge in [-0.05, 0) is 22.9 Å². The summed E-state index contributed by atoms with van der Waals surface area (Å²) in [5.41, 5.74) is -0.541. The summed E-state index contributed by atoms with van der Waals surface area (Å²) in [6.07, 6.45) is 0. The van der Waals surface area contributed by atoms with Crippen LogP contribution in [0.1, 0.15) is 8.42 Å². The van der Waals surface area contributed by atoms with Crippen LogP contribution in [0.4, 0.5) is 17.6 Å². The molecule has 0 radical (unpaired) electrons. The van der Waals surface area contributed by atoms with E-state index in [1.807, 2.05) is 0 Å². The van der Waals surface area contributed by atoms with Crippen molar-refractivity contribution < 1.29 is 20.4 Å². The van der Waals surface area contributed by atoms with Gasteiger partial charge in [0.25, 0.3) is 0 Å². The van der Waals surface area contributed by atoms with Crippen LogP contribution in [0.5, 0.6) is 0 Å². The van der Waals surface area contributed by atoms with E-state index in [4.69, 9.17) is 0 Å². The summed E-state index contributed by atoms with van der Waals surface area (Å²) < 4.78 is 49.6. The molecule has 0 amide bonds. The van der Waals surface area contributed by atoms with Crippen molar-refractivity contribution in [1.82, 2.24) is 0 Å². The van der Waals surface area contributed by atoms with Gasteiger partial charge in [0, 0.05) is 5.56 Å². The molecule has 0 fully saturated rings. The van der Waals surface area contributed by atoms with Crippen LogP contribution in [-0.4, -0.2) is 23.1 Å². The molecule has 0 bridgehead atoms. The largest absolute Gasteiger partial charge is 2.00 e. The second-order valence-corrected chi connectivity index (χ2v) is 2.99. The Morgan fingerprint density at radius 1 is 0.923 bits per heavy atom. The Morgan fingerprint density at radius 2 is 1.38 bits per heavy atom. The summed E-state index contributed by atoms with van der Waals surface area (Å²) in [5, 5.41) is 0. The van der Waals surface area contributed by atoms with Gasteiger partial charge in [0.1, 0.15) is 5.82 Å². The Morgan fingerprint density at radius 3 is 1.85 bits per heavy atom. The van der Waals surface area contributed by atoms with Gasteiger partial charge in [-0.25, -0.2) is 17.6 Å². The predicted octanol–water partition coefficient (Wildman–Crippen LogP) is 3.16. The summed E-state index contributed by atoms with van der Waals surface area (Å²) in [5.74, 6) is -5.82. The Kier molecular flexibility index (Phi) is 4.68. The molecule has 0 spiro atoms. The molecule has 0 N–H and O–H groups in total. The Labute approximate surface area is 99.6 Å². The minimum absolute atomic E-state index is 0. The maximum Gasteiger partial charge on any atom is 2.00 e. The van der Waals surface area contributed by atoms with Gasteiger partial charge < -0.3 is 2.85 Å². The summed E-state index contributed by atoms with van der Waals surface area (Å²) in [7, 11) is 0. The molecule has 0 heterocycles. The number of halogens is 5. The molecule has 70 valence electrons. The normalized spacial score (nSPS) is 9.69. The van der Waals surface area contributed by atoms with E-state index < -0.39 is 33.3 Å². The van der Waals surface area contributed by atoms with E-state index in [2.05, 4.69) is 15.9 Å². The van der Waals surface area contributed by atoms with Crippen LogP contribution < -0.4 is 0 Å². The number of hydrogen-bond donors (Lipinski definition) is 0. The van der Waals surface area contributed by atoms with E-state index >= 15 is 0 Å². The first kappa shape index (κ1) is 13.2. The van der Waals surface area contributed by atoms with Crippen molar-refractivity contribution in [2.45, 2.75) is 6.92 Å². The van der Waals surface area contributed by atoms with Crippen LogP contribution in [0.15, 0.2) is 4.47 Å². The molecule has 0 aliphatic heterocycles. The van der Waals surface area contributed by atoms with Gasteiger partial charge in [-0.1, -0.05) is 0 Å². The van der Waals surface area contributed by atoms with Crippen LogP contribution >= 0.6 is 15.9 Å². The number of rotatable bonds is 0. The summed E-state index contributed by atoms with van der Waals surface area (Å²) >= 11 is 2.46. The van der Waals surface area contributed by atoms with Crippen molar-refractivity contribution in [3.63, 3.8) is 0 Å². The van der Waals surface area contributed by atoms with Crippen molar-refractivity contribution >= 4 is 39.0 Å². The van der Waals surface area contributed by atoms with Crippen LogP contribution in [-0.2, 0) is 0 Å². The van der Waals surface area contributed by atoms with Crippen molar-refractivity contribution in [2.24, 2.45) is 0 Å². The molecule has 1 rings (SSSR count). The summed E-state index contributed by atoms with van der Waals surface area (Å²) in [6.45, 7) is 1.03. The fourth-order valence-electron chi connectivity index (χ4n) is 0.715. The van der Waals surface area contributed by atoms with Crippen LogP contribution in [0, 0.1) is 30.2 Å². The zero-order chi connectivity index (χ0) is 9.46. The second-order valence-electron chi connectivity index (χ2n) is 2.19. The molecule has 1 aromatic rings. The average molecular weight is 269 g/mol. The zero-order valence-electron chi connectivity index (χ0n) is 8.60. The molecular weight excluding hydrogens is 264 g/mol. The molecular formula is C7H5BrF4Mg. The average Bonchev–Trinajstić information content (AvgIpc) is 2.08. The standard InChI is InChI=1S/C7H3BrF4.Mg.2H/c1-2-4(9)3(8)6(11)7(12)5(2)10;;;/h1H3;;;/q;+2;2*-1. The van der Waals surface area contributed by atoms with Gasteiger partial charge in [-0.3, -0.25) is 0 Å². The summed E-state index contributed by atoms with van der Waals surface area (Å²) in [6, 6.07) is 0. The van der Waals surface area contributed by atoms with Crippen LogP contribution in [0.25, 0.3) is 0 Å². The van der Waals surface area contributed by atoms with E-state index in [1.54, 1.807) is 0 Å². The van der Waals surface area contributed by atoms with Crippen molar-refractivity contribution in [1.29, 1.82) is 0 Å². The minimum Gasteiger partial charge on any atom is -1.00 e. The Bertz CT molecular complexity index is 243. The van der Waals surface area contributed by atoms with Gasteiger partial charge >= 0.3 is 23.1 Å². The molecule has 0 unspecified atom stereocenters. The third-order valence-corrected chi connectivity index (χ3v) is 2.13. The van der Waals surface area contributed by atoms with Gasteiger partial charge in [0.15, 0.2) is 17.5 Å². The van der Waals surface area contributed by atoms with Crippen molar-refractivity contribution in [3.05, 3.63) is 33.3 Å². The van der Waals surface area contributed by atoms with Gasteiger partial charge in [0.05, 0.1) is 4.47 Å². The molecule has 0 nitrogen and oxygen atoms in total. The SMILES string of the molecule is Cc1c(F)c(F)c(F)c(Br)c1F.[H-].[H-].[Mg+2]. The number of benzene rings is 1. The van der Waals surface area contributed by atoms with E-state index in [0.717, 1.165) is 6.92 Å². The van der Waals surface area contributed by atoms with Crippen LogP contribution in [0.2, 0.25) is 0 Å². The molecule has 1 aromatic carbocycles. The minimum atomic E-state index is -1.67. The number of hydrogen-bond acceptors (Lipinski definition) is 0. The molecule has 0 aromatic heterocycles. The van der Waals surface area contributed by atoms with Crippen LogP contribution in [0.3, 0.4) is 0 Å². The van der Waals surface area contributed by atoms with Gasteiger partial charge in [-0.2, -0.15) is 0 Å².